The number of allylic oxidation sites excluding steroid dienone is 4. The number of rotatable bonds is 0. The zero-order valence-electron chi connectivity index (χ0n) is 11.2. The lowest BCUT2D eigenvalue weighted by atomic mass is 9.99. The highest BCUT2D eigenvalue weighted by atomic mass is 32.4. The van der Waals surface area contributed by atoms with Crippen molar-refractivity contribution in [1.29, 1.82) is 0 Å². The second-order valence-corrected chi connectivity index (χ2v) is 6.89. The third-order valence-corrected chi connectivity index (χ3v) is 1.43. The van der Waals surface area contributed by atoms with E-state index in [1.54, 1.807) is 13.8 Å². The topological polar surface area (TPSA) is 34.1 Å². The van der Waals surface area contributed by atoms with Gasteiger partial charge in [0.05, 0.1) is 0 Å². The molecule has 0 aromatic carbocycles. The van der Waals surface area contributed by atoms with Crippen LogP contribution in [0.5, 0.6) is 0 Å². The molecule has 0 aromatic rings. The Morgan fingerprint density at radius 2 is 1.17 bits per heavy atom. The van der Waals surface area contributed by atoms with Gasteiger partial charge in [-0.15, -0.1) is 35.7 Å². The van der Waals surface area contributed by atoms with Crippen LogP contribution in [-0.4, -0.2) is 11.6 Å². The third-order valence-electron chi connectivity index (χ3n) is 1.43. The fourth-order valence-electron chi connectivity index (χ4n) is 0.911. The molecule has 0 N–H and O–H groups in total. The molecule has 0 aliphatic heterocycles. The van der Waals surface area contributed by atoms with E-state index in [1.165, 1.54) is 12.2 Å². The summed E-state index contributed by atoms with van der Waals surface area (Å²) in [5.74, 6) is -0.116. The maximum Gasteiger partial charge on any atom is 0.184 e. The summed E-state index contributed by atoms with van der Waals surface area (Å²) in [5.41, 5.74) is 1.06. The molecule has 1 rings (SSSR count). The summed E-state index contributed by atoms with van der Waals surface area (Å²) in [4.78, 5) is 21.7. The molecule has 0 saturated heterocycles. The van der Waals surface area contributed by atoms with Crippen LogP contribution in [0.3, 0.4) is 0 Å². The van der Waals surface area contributed by atoms with Gasteiger partial charge in [-0.1, -0.05) is 7.96 Å². The first-order valence-corrected chi connectivity index (χ1v) is 11.3. The predicted molar refractivity (Wildman–Crippen MR) is 113 cm³/mol. The SMILES string of the molecule is CC1=CC(=O)C=C(C)C1=O.P.P.PP.PPP.[CH3-]. The third kappa shape index (κ3) is 15.9. The van der Waals surface area contributed by atoms with Crippen LogP contribution in [0.4, 0.5) is 0 Å². The summed E-state index contributed by atoms with van der Waals surface area (Å²) in [7, 11) is 10.7. The van der Waals surface area contributed by atoms with E-state index in [1.807, 2.05) is 0 Å². The molecule has 0 radical (unpaired) electrons. The smallest absolute Gasteiger partial charge is 0.184 e. The van der Waals surface area contributed by atoms with Gasteiger partial charge in [0.25, 0.3) is 0 Å². The van der Waals surface area contributed by atoms with Crippen LogP contribution >= 0.6 is 63.5 Å². The Balaban J connectivity index is -0.0000000627. The Labute approximate surface area is 129 Å². The van der Waals surface area contributed by atoms with Gasteiger partial charge in [-0.2, -0.15) is 19.8 Å². The molecular formula is C9H26O2P7-. The first kappa shape index (κ1) is 32.0. The molecule has 0 spiro atoms. The Kier molecular flexibility index (Phi) is 37.5. The van der Waals surface area contributed by atoms with Gasteiger partial charge in [0, 0.05) is 11.1 Å². The Bertz CT molecular complexity index is 263. The van der Waals surface area contributed by atoms with Crippen LogP contribution in [0.1, 0.15) is 13.8 Å². The molecule has 18 heavy (non-hydrogen) atoms. The molecule has 9 heteroatoms. The Hall–Kier alpha value is 1.83. The molecule has 0 aromatic heterocycles. The van der Waals surface area contributed by atoms with E-state index in [9.17, 15) is 9.59 Å². The van der Waals surface area contributed by atoms with E-state index >= 15 is 0 Å². The van der Waals surface area contributed by atoms with Crippen molar-refractivity contribution in [2.24, 2.45) is 0 Å². The molecule has 110 valence electrons. The molecule has 6 atom stereocenters. The van der Waals surface area contributed by atoms with Crippen LogP contribution in [0.25, 0.3) is 0 Å². The molecule has 6 unspecified atom stereocenters. The van der Waals surface area contributed by atoms with Gasteiger partial charge in [-0.25, -0.2) is 0 Å². The van der Waals surface area contributed by atoms with E-state index in [0.717, 1.165) is 7.96 Å². The highest BCUT2D eigenvalue weighted by Crippen LogP contribution is 2.28. The van der Waals surface area contributed by atoms with E-state index in [0.29, 0.717) is 11.1 Å². The zero-order valence-corrected chi connectivity index (χ0v) is 19.6. The summed E-state index contributed by atoms with van der Waals surface area (Å²) < 4.78 is 0. The van der Waals surface area contributed by atoms with Crippen LogP contribution in [0, 0.1) is 7.43 Å². The lowest BCUT2D eigenvalue weighted by molar-refractivity contribution is -0.115. The fraction of sp³-hybridized carbons (Fsp3) is 0.222. The molecule has 0 heterocycles. The minimum Gasteiger partial charge on any atom is -0.358 e. The molecule has 2 nitrogen and oxygen atoms in total. The van der Waals surface area contributed by atoms with Gasteiger partial charge in [0.1, 0.15) is 0 Å². The van der Waals surface area contributed by atoms with Gasteiger partial charge < -0.3 is 7.43 Å². The standard InChI is InChI=1S/C8H8O2.CH3.H5P3.H4P2.2H3P/c1-5-3-7(9)4-6(2)8(5)10;;1-3-2;1-2;;/h3-4H,1-2H3;1H3;3H,1-2H2;1-2H2;2*1H3/q;-1;;;;. The fourth-order valence-corrected chi connectivity index (χ4v) is 0.911. The van der Waals surface area contributed by atoms with Gasteiger partial charge in [0.15, 0.2) is 11.6 Å². The molecule has 0 amide bonds. The van der Waals surface area contributed by atoms with Crippen molar-refractivity contribution in [3.63, 3.8) is 0 Å². The monoisotopic (exact) mass is 383 g/mol. The molecule has 0 bridgehead atoms. The predicted octanol–water partition coefficient (Wildman–Crippen LogP) is 3.49. The Morgan fingerprint density at radius 1 is 0.944 bits per heavy atom. The molecule has 1 aliphatic carbocycles. The van der Waals surface area contributed by atoms with Crippen molar-refractivity contribution < 1.29 is 9.59 Å². The number of carbonyl (C=O) groups is 2. The van der Waals surface area contributed by atoms with Gasteiger partial charge in [0.2, 0.25) is 0 Å². The maximum atomic E-state index is 11.0. The van der Waals surface area contributed by atoms with Crippen LogP contribution in [-0.2, 0) is 9.59 Å². The van der Waals surface area contributed by atoms with Crippen LogP contribution in [0.2, 0.25) is 0 Å². The van der Waals surface area contributed by atoms with Gasteiger partial charge >= 0.3 is 0 Å². The summed E-state index contributed by atoms with van der Waals surface area (Å²) in [6, 6.07) is 0. The lowest BCUT2D eigenvalue weighted by Crippen LogP contribution is -2.09. The minimum absolute atomic E-state index is 0. The number of ketones is 2. The largest absolute Gasteiger partial charge is 0.358 e. The summed E-state index contributed by atoms with van der Waals surface area (Å²) >= 11 is 0. The van der Waals surface area contributed by atoms with Gasteiger partial charge in [-0.3, -0.25) is 9.59 Å². The van der Waals surface area contributed by atoms with Crippen molar-refractivity contribution in [3.8, 4) is 0 Å². The average molecular weight is 383 g/mol. The summed E-state index contributed by atoms with van der Waals surface area (Å²) in [6.45, 7) is 3.30. The number of Topliss-reactive ketones (excluding diaryl/α,β-unsaturated/α-hetero) is 1. The second-order valence-electron chi connectivity index (χ2n) is 2.55. The average Bonchev–Trinajstić information content (AvgIpc) is 2.18. The van der Waals surface area contributed by atoms with E-state index in [2.05, 4.69) is 35.7 Å². The first-order valence-electron chi connectivity index (χ1n) is 3.97. The first-order chi connectivity index (χ1) is 7.02. The number of hydrogen-bond acceptors (Lipinski definition) is 2. The normalized spacial score (nSPS) is 11.7. The minimum atomic E-state index is -0.0883. The van der Waals surface area contributed by atoms with Crippen molar-refractivity contribution in [2.75, 3.05) is 0 Å². The highest BCUT2D eigenvalue weighted by Gasteiger charge is 2.13. The van der Waals surface area contributed by atoms with Crippen molar-refractivity contribution in [3.05, 3.63) is 30.7 Å². The quantitative estimate of drug-likeness (QED) is 0.365. The van der Waals surface area contributed by atoms with Crippen LogP contribution in [0.15, 0.2) is 23.3 Å². The molecular weight excluding hydrogens is 357 g/mol. The summed E-state index contributed by atoms with van der Waals surface area (Å²) in [5, 5.41) is 0. The second kappa shape index (κ2) is 21.1. The lowest BCUT2D eigenvalue weighted by Gasteiger charge is -2.04. The number of hydrogen-bond donors (Lipinski definition) is 0. The van der Waals surface area contributed by atoms with Crippen molar-refractivity contribution in [2.45, 2.75) is 13.8 Å². The molecule has 0 fully saturated rings. The van der Waals surface area contributed by atoms with Crippen molar-refractivity contribution in [1.82, 2.24) is 0 Å². The van der Waals surface area contributed by atoms with Gasteiger partial charge in [-0.05, 0) is 26.0 Å². The van der Waals surface area contributed by atoms with E-state index < -0.39 is 0 Å². The molecule has 0 saturated carbocycles. The van der Waals surface area contributed by atoms with Crippen molar-refractivity contribution >= 4 is 75.0 Å². The Morgan fingerprint density at radius 3 is 1.39 bits per heavy atom. The van der Waals surface area contributed by atoms with E-state index in [4.69, 9.17) is 0 Å². The summed E-state index contributed by atoms with van der Waals surface area (Å²) in [6.07, 6.45) is 2.71. The number of carbonyl (C=O) groups excluding carboxylic acids is 2. The van der Waals surface area contributed by atoms with E-state index in [-0.39, 0.29) is 38.8 Å². The van der Waals surface area contributed by atoms with Crippen LogP contribution < -0.4 is 0 Å². The highest BCUT2D eigenvalue weighted by molar-refractivity contribution is 8.33. The maximum absolute atomic E-state index is 11.0. The zero-order chi connectivity index (χ0) is 12.4. The molecule has 1 aliphatic rings.